The third-order valence-electron chi connectivity index (χ3n) is 4.76. The van der Waals surface area contributed by atoms with Crippen LogP contribution in [0.15, 0.2) is 18.2 Å². The van der Waals surface area contributed by atoms with Crippen molar-refractivity contribution in [3.05, 3.63) is 23.8 Å². The summed E-state index contributed by atoms with van der Waals surface area (Å²) in [4.78, 5) is 12.4. The largest absolute Gasteiger partial charge is 0.496 e. The maximum Gasteiger partial charge on any atom is 0.255 e. The zero-order valence-corrected chi connectivity index (χ0v) is 12.2. The molecule has 1 fully saturated rings. The number of rotatable bonds is 3. The number of hydrogen-bond donors (Lipinski definition) is 2. The SMILES string of the molecule is COc1ccc(N)cc1C(=O)NC1C(C)(C)C1(C)C. The van der Waals surface area contributed by atoms with E-state index in [4.69, 9.17) is 10.5 Å². The Hall–Kier alpha value is -1.71. The van der Waals surface area contributed by atoms with Crippen LogP contribution in [0.3, 0.4) is 0 Å². The molecule has 0 saturated heterocycles. The number of hydrogen-bond acceptors (Lipinski definition) is 3. The predicted octanol–water partition coefficient (Wildman–Crippen LogP) is 2.44. The van der Waals surface area contributed by atoms with Crippen molar-refractivity contribution in [2.75, 3.05) is 12.8 Å². The van der Waals surface area contributed by atoms with Crippen LogP contribution in [0, 0.1) is 10.8 Å². The van der Waals surface area contributed by atoms with Gasteiger partial charge in [-0.15, -0.1) is 0 Å². The Balaban J connectivity index is 2.20. The molecule has 0 heterocycles. The molecular weight excluding hydrogens is 240 g/mol. The number of anilines is 1. The summed E-state index contributed by atoms with van der Waals surface area (Å²) in [5.74, 6) is 0.413. The van der Waals surface area contributed by atoms with Gasteiger partial charge in [0.05, 0.1) is 12.7 Å². The van der Waals surface area contributed by atoms with E-state index in [0.717, 1.165) is 0 Å². The average Bonchev–Trinajstić information content (AvgIpc) is 2.71. The molecule has 1 aliphatic carbocycles. The molecule has 1 aromatic rings. The van der Waals surface area contributed by atoms with Gasteiger partial charge in [0.25, 0.3) is 5.91 Å². The second-order valence-corrected chi connectivity index (χ2v) is 6.31. The number of carbonyl (C=O) groups excluding carboxylic acids is 1. The summed E-state index contributed by atoms with van der Waals surface area (Å²) >= 11 is 0. The van der Waals surface area contributed by atoms with E-state index in [1.165, 1.54) is 0 Å². The Labute approximate surface area is 114 Å². The van der Waals surface area contributed by atoms with Gasteiger partial charge in [-0.25, -0.2) is 0 Å². The minimum atomic E-state index is -0.132. The van der Waals surface area contributed by atoms with Gasteiger partial charge in [-0.2, -0.15) is 0 Å². The van der Waals surface area contributed by atoms with Crippen LogP contribution >= 0.6 is 0 Å². The highest BCUT2D eigenvalue weighted by atomic mass is 16.5. The molecule has 1 saturated carbocycles. The molecule has 2 rings (SSSR count). The van der Waals surface area contributed by atoms with E-state index >= 15 is 0 Å². The molecule has 0 aromatic heterocycles. The summed E-state index contributed by atoms with van der Waals surface area (Å²) in [5.41, 5.74) is 7.00. The molecule has 3 N–H and O–H groups in total. The van der Waals surface area contributed by atoms with E-state index in [9.17, 15) is 4.79 Å². The van der Waals surface area contributed by atoms with Crippen molar-refractivity contribution in [2.45, 2.75) is 33.7 Å². The van der Waals surface area contributed by atoms with Gasteiger partial charge in [0, 0.05) is 11.7 Å². The van der Waals surface area contributed by atoms with Crippen molar-refractivity contribution in [3.63, 3.8) is 0 Å². The average molecular weight is 262 g/mol. The number of methoxy groups -OCH3 is 1. The zero-order valence-electron chi connectivity index (χ0n) is 12.2. The lowest BCUT2D eigenvalue weighted by Crippen LogP contribution is -2.30. The van der Waals surface area contributed by atoms with Crippen LogP contribution in [-0.2, 0) is 0 Å². The van der Waals surface area contributed by atoms with Crippen molar-refractivity contribution in [2.24, 2.45) is 10.8 Å². The molecular formula is C15H22N2O2. The molecule has 1 aliphatic rings. The van der Waals surface area contributed by atoms with Gasteiger partial charge in [0.2, 0.25) is 0 Å². The van der Waals surface area contributed by atoms with Crippen LogP contribution in [0.5, 0.6) is 5.75 Å². The van der Waals surface area contributed by atoms with Crippen LogP contribution < -0.4 is 15.8 Å². The summed E-state index contributed by atoms with van der Waals surface area (Å²) in [6.45, 7) is 8.64. The first-order valence-corrected chi connectivity index (χ1v) is 6.46. The van der Waals surface area contributed by atoms with Crippen molar-refractivity contribution in [1.82, 2.24) is 5.32 Å². The quantitative estimate of drug-likeness (QED) is 0.822. The van der Waals surface area contributed by atoms with Gasteiger partial charge < -0.3 is 15.8 Å². The lowest BCUT2D eigenvalue weighted by molar-refractivity contribution is 0.0940. The summed E-state index contributed by atoms with van der Waals surface area (Å²) in [6.07, 6.45) is 0. The fourth-order valence-electron chi connectivity index (χ4n) is 2.67. The number of carbonyl (C=O) groups is 1. The Morgan fingerprint density at radius 3 is 2.32 bits per heavy atom. The molecule has 1 amide bonds. The molecule has 0 bridgehead atoms. The summed E-state index contributed by atoms with van der Waals surface area (Å²) in [5, 5.41) is 3.08. The Morgan fingerprint density at radius 2 is 1.84 bits per heavy atom. The first kappa shape index (κ1) is 13.7. The summed E-state index contributed by atoms with van der Waals surface area (Å²) in [6, 6.07) is 5.25. The molecule has 4 nitrogen and oxygen atoms in total. The monoisotopic (exact) mass is 262 g/mol. The highest BCUT2D eigenvalue weighted by Crippen LogP contribution is 2.62. The molecule has 104 valence electrons. The summed E-state index contributed by atoms with van der Waals surface area (Å²) in [7, 11) is 1.55. The molecule has 0 atom stereocenters. The van der Waals surface area contributed by atoms with Gasteiger partial charge in [-0.1, -0.05) is 27.7 Å². The Morgan fingerprint density at radius 1 is 1.26 bits per heavy atom. The molecule has 0 aliphatic heterocycles. The second-order valence-electron chi connectivity index (χ2n) is 6.31. The van der Waals surface area contributed by atoms with Crippen molar-refractivity contribution in [1.29, 1.82) is 0 Å². The van der Waals surface area contributed by atoms with Crippen molar-refractivity contribution >= 4 is 11.6 Å². The standard InChI is InChI=1S/C15H22N2O2/c1-14(2)13(15(14,3)4)17-12(18)10-8-9(16)6-7-11(10)19-5/h6-8,13H,16H2,1-5H3,(H,17,18). The van der Waals surface area contributed by atoms with Gasteiger partial charge in [0.1, 0.15) is 5.75 Å². The molecule has 19 heavy (non-hydrogen) atoms. The lowest BCUT2D eigenvalue weighted by Gasteiger charge is -2.11. The number of benzene rings is 1. The van der Waals surface area contributed by atoms with Crippen molar-refractivity contribution < 1.29 is 9.53 Å². The minimum absolute atomic E-state index is 0.107. The molecule has 4 heteroatoms. The summed E-state index contributed by atoms with van der Waals surface area (Å²) < 4.78 is 5.21. The van der Waals surface area contributed by atoms with Gasteiger partial charge in [-0.3, -0.25) is 4.79 Å². The van der Waals surface area contributed by atoms with Crippen LogP contribution in [0.25, 0.3) is 0 Å². The molecule has 0 radical (unpaired) electrons. The van der Waals surface area contributed by atoms with E-state index in [1.807, 2.05) is 0 Å². The number of nitrogens with one attached hydrogen (secondary N) is 1. The third-order valence-corrected chi connectivity index (χ3v) is 4.76. The van der Waals surface area contributed by atoms with Crippen LogP contribution in [0.2, 0.25) is 0 Å². The van der Waals surface area contributed by atoms with E-state index < -0.39 is 0 Å². The first-order valence-electron chi connectivity index (χ1n) is 6.46. The van der Waals surface area contributed by atoms with E-state index in [2.05, 4.69) is 33.0 Å². The fourth-order valence-corrected chi connectivity index (χ4v) is 2.67. The minimum Gasteiger partial charge on any atom is -0.496 e. The van der Waals surface area contributed by atoms with E-state index in [0.29, 0.717) is 17.0 Å². The van der Waals surface area contributed by atoms with Crippen LogP contribution in [0.1, 0.15) is 38.1 Å². The third kappa shape index (κ3) is 2.05. The zero-order chi connectivity index (χ0) is 14.4. The Kier molecular flexibility index (Phi) is 3.00. The van der Waals surface area contributed by atoms with Crippen LogP contribution in [0.4, 0.5) is 5.69 Å². The highest BCUT2D eigenvalue weighted by Gasteiger charge is 2.65. The molecule has 0 spiro atoms. The van der Waals surface area contributed by atoms with Gasteiger partial charge in [0.15, 0.2) is 0 Å². The topological polar surface area (TPSA) is 64.3 Å². The predicted molar refractivity (Wildman–Crippen MR) is 76.2 cm³/mol. The van der Waals surface area contributed by atoms with Gasteiger partial charge in [-0.05, 0) is 29.0 Å². The van der Waals surface area contributed by atoms with Crippen LogP contribution in [-0.4, -0.2) is 19.1 Å². The Bertz CT molecular complexity index is 507. The lowest BCUT2D eigenvalue weighted by atomic mass is 10.0. The second kappa shape index (κ2) is 4.15. The van der Waals surface area contributed by atoms with E-state index in [-0.39, 0.29) is 22.8 Å². The van der Waals surface area contributed by atoms with E-state index in [1.54, 1.807) is 25.3 Å². The number of amides is 1. The maximum absolute atomic E-state index is 12.4. The molecule has 0 unspecified atom stereocenters. The molecule has 1 aromatic carbocycles. The smallest absolute Gasteiger partial charge is 0.255 e. The first-order chi connectivity index (χ1) is 8.71. The maximum atomic E-state index is 12.4. The van der Waals surface area contributed by atoms with Gasteiger partial charge >= 0.3 is 0 Å². The van der Waals surface area contributed by atoms with Crippen molar-refractivity contribution in [3.8, 4) is 5.75 Å². The fraction of sp³-hybridized carbons (Fsp3) is 0.533. The normalized spacial score (nSPS) is 19.8. The number of nitrogens with two attached hydrogens (primary N) is 1. The number of ether oxygens (including phenoxy) is 1. The highest BCUT2D eigenvalue weighted by molar-refractivity contribution is 5.98. The number of nitrogen functional groups attached to an aromatic ring is 1.